The van der Waals surface area contributed by atoms with Crippen LogP contribution in [0.1, 0.15) is 24.0 Å². The standard InChI is InChI=1S/C20H33N3O3.HI/c1-16-5-6-17(13-19(16)24-3)7-10-23-20(21-2)22-9-4-11-25-14-18-8-12-26-15-18;/h5-6,13,18H,4,7-12,14-15H2,1-3H3,(H2,21,22,23);1H. The van der Waals surface area contributed by atoms with Crippen molar-refractivity contribution in [2.45, 2.75) is 26.2 Å². The normalized spacial score (nSPS) is 16.7. The first kappa shape index (κ1) is 24.0. The van der Waals surface area contributed by atoms with E-state index in [2.05, 4.69) is 40.7 Å². The number of hydrogen-bond donors (Lipinski definition) is 2. The number of halogens is 1. The molecule has 2 N–H and O–H groups in total. The number of guanidine groups is 1. The van der Waals surface area contributed by atoms with Gasteiger partial charge in [0, 0.05) is 39.3 Å². The Kier molecular flexibility index (Phi) is 12.4. The van der Waals surface area contributed by atoms with E-state index in [0.29, 0.717) is 5.92 Å². The third-order valence-electron chi connectivity index (χ3n) is 4.54. The largest absolute Gasteiger partial charge is 0.496 e. The zero-order valence-corrected chi connectivity index (χ0v) is 19.1. The fourth-order valence-corrected chi connectivity index (χ4v) is 2.91. The van der Waals surface area contributed by atoms with E-state index in [9.17, 15) is 0 Å². The fourth-order valence-electron chi connectivity index (χ4n) is 2.91. The average Bonchev–Trinajstić information content (AvgIpc) is 3.17. The molecule has 2 rings (SSSR count). The van der Waals surface area contributed by atoms with Crippen LogP contribution in [0.5, 0.6) is 5.75 Å². The van der Waals surface area contributed by atoms with E-state index >= 15 is 0 Å². The topological polar surface area (TPSA) is 64.1 Å². The molecule has 1 aromatic carbocycles. The van der Waals surface area contributed by atoms with Crippen molar-refractivity contribution in [1.82, 2.24) is 10.6 Å². The summed E-state index contributed by atoms with van der Waals surface area (Å²) in [6.07, 6.45) is 3.01. The van der Waals surface area contributed by atoms with Gasteiger partial charge in [0.25, 0.3) is 0 Å². The average molecular weight is 491 g/mol. The van der Waals surface area contributed by atoms with Gasteiger partial charge in [-0.1, -0.05) is 12.1 Å². The third-order valence-corrected chi connectivity index (χ3v) is 4.54. The Labute approximate surface area is 180 Å². The number of rotatable bonds is 10. The van der Waals surface area contributed by atoms with Crippen molar-refractivity contribution in [3.63, 3.8) is 0 Å². The van der Waals surface area contributed by atoms with Gasteiger partial charge in [-0.3, -0.25) is 4.99 Å². The number of aryl methyl sites for hydroxylation is 1. The number of ether oxygens (including phenoxy) is 3. The van der Waals surface area contributed by atoms with Crippen LogP contribution in [0.3, 0.4) is 0 Å². The molecule has 7 heteroatoms. The minimum absolute atomic E-state index is 0. The summed E-state index contributed by atoms with van der Waals surface area (Å²) in [6.45, 7) is 7.03. The van der Waals surface area contributed by atoms with E-state index in [1.807, 2.05) is 0 Å². The number of nitrogens with one attached hydrogen (secondary N) is 2. The number of nitrogens with zero attached hydrogens (tertiary/aromatic N) is 1. The van der Waals surface area contributed by atoms with Crippen molar-refractivity contribution in [2.75, 3.05) is 53.7 Å². The van der Waals surface area contributed by atoms with E-state index in [1.165, 1.54) is 5.56 Å². The van der Waals surface area contributed by atoms with Crippen molar-refractivity contribution >= 4 is 29.9 Å². The molecule has 1 saturated heterocycles. The van der Waals surface area contributed by atoms with Crippen LogP contribution in [0.25, 0.3) is 0 Å². The third kappa shape index (κ3) is 9.12. The molecule has 0 radical (unpaired) electrons. The molecule has 0 aromatic heterocycles. The molecule has 0 aliphatic carbocycles. The molecule has 0 saturated carbocycles. The Hall–Kier alpha value is -1.06. The molecule has 0 spiro atoms. The summed E-state index contributed by atoms with van der Waals surface area (Å²) >= 11 is 0. The Morgan fingerprint density at radius 2 is 2.11 bits per heavy atom. The molecule has 1 fully saturated rings. The lowest BCUT2D eigenvalue weighted by molar-refractivity contribution is 0.0888. The van der Waals surface area contributed by atoms with Gasteiger partial charge < -0.3 is 24.8 Å². The molecule has 1 aromatic rings. The van der Waals surface area contributed by atoms with Crippen LogP contribution in [0, 0.1) is 12.8 Å². The highest BCUT2D eigenvalue weighted by Crippen LogP contribution is 2.19. The van der Waals surface area contributed by atoms with Gasteiger partial charge >= 0.3 is 0 Å². The zero-order valence-electron chi connectivity index (χ0n) is 16.8. The van der Waals surface area contributed by atoms with Crippen LogP contribution in [0.4, 0.5) is 0 Å². The molecule has 1 aliphatic rings. The Morgan fingerprint density at radius 3 is 2.81 bits per heavy atom. The summed E-state index contributed by atoms with van der Waals surface area (Å²) in [4.78, 5) is 4.26. The van der Waals surface area contributed by atoms with Gasteiger partial charge in [0.1, 0.15) is 5.75 Å². The Balaban J connectivity index is 0.00000364. The van der Waals surface area contributed by atoms with Crippen LogP contribution >= 0.6 is 24.0 Å². The monoisotopic (exact) mass is 491 g/mol. The zero-order chi connectivity index (χ0) is 18.6. The van der Waals surface area contributed by atoms with E-state index in [0.717, 1.165) is 76.1 Å². The molecule has 154 valence electrons. The maximum atomic E-state index is 5.71. The number of aliphatic imine (C=N–C) groups is 1. The second-order valence-electron chi connectivity index (χ2n) is 6.64. The lowest BCUT2D eigenvalue weighted by atomic mass is 10.1. The highest BCUT2D eigenvalue weighted by atomic mass is 127. The summed E-state index contributed by atoms with van der Waals surface area (Å²) in [7, 11) is 3.50. The first-order valence-electron chi connectivity index (χ1n) is 9.46. The second-order valence-corrected chi connectivity index (χ2v) is 6.64. The SMILES string of the molecule is CN=C(NCCCOCC1CCOC1)NCCc1ccc(C)c(OC)c1.I. The summed E-state index contributed by atoms with van der Waals surface area (Å²) in [5.74, 6) is 2.35. The summed E-state index contributed by atoms with van der Waals surface area (Å²) in [5, 5.41) is 6.67. The van der Waals surface area contributed by atoms with Gasteiger partial charge in [0.15, 0.2) is 5.96 Å². The first-order valence-corrected chi connectivity index (χ1v) is 9.46. The minimum Gasteiger partial charge on any atom is -0.496 e. The number of benzene rings is 1. The Morgan fingerprint density at radius 1 is 1.30 bits per heavy atom. The summed E-state index contributed by atoms with van der Waals surface area (Å²) in [6, 6.07) is 6.33. The summed E-state index contributed by atoms with van der Waals surface area (Å²) in [5.41, 5.74) is 2.41. The van der Waals surface area contributed by atoms with Crippen LogP contribution in [-0.4, -0.2) is 59.6 Å². The molecule has 1 heterocycles. The van der Waals surface area contributed by atoms with Gasteiger partial charge in [-0.15, -0.1) is 24.0 Å². The van der Waals surface area contributed by atoms with E-state index in [4.69, 9.17) is 14.2 Å². The van der Waals surface area contributed by atoms with Crippen molar-refractivity contribution in [1.29, 1.82) is 0 Å². The van der Waals surface area contributed by atoms with Crippen LogP contribution < -0.4 is 15.4 Å². The fraction of sp³-hybridized carbons (Fsp3) is 0.650. The van der Waals surface area contributed by atoms with E-state index < -0.39 is 0 Å². The predicted molar refractivity (Wildman–Crippen MR) is 121 cm³/mol. The van der Waals surface area contributed by atoms with Crippen LogP contribution in [-0.2, 0) is 15.9 Å². The highest BCUT2D eigenvalue weighted by Gasteiger charge is 2.15. The van der Waals surface area contributed by atoms with Crippen molar-refractivity contribution in [3.8, 4) is 5.75 Å². The maximum absolute atomic E-state index is 5.71. The smallest absolute Gasteiger partial charge is 0.190 e. The lowest BCUT2D eigenvalue weighted by Gasteiger charge is -2.13. The lowest BCUT2D eigenvalue weighted by Crippen LogP contribution is -2.39. The van der Waals surface area contributed by atoms with Crippen LogP contribution in [0.15, 0.2) is 23.2 Å². The number of hydrogen-bond acceptors (Lipinski definition) is 4. The predicted octanol–water partition coefficient (Wildman–Crippen LogP) is 2.77. The van der Waals surface area contributed by atoms with Gasteiger partial charge in [0.05, 0.1) is 20.3 Å². The minimum atomic E-state index is 0. The highest BCUT2D eigenvalue weighted by molar-refractivity contribution is 14.0. The quantitative estimate of drug-likeness (QED) is 0.228. The first-order chi connectivity index (χ1) is 12.7. The van der Waals surface area contributed by atoms with Gasteiger partial charge in [-0.25, -0.2) is 0 Å². The van der Waals surface area contributed by atoms with Crippen molar-refractivity contribution in [2.24, 2.45) is 10.9 Å². The molecule has 6 nitrogen and oxygen atoms in total. The van der Waals surface area contributed by atoms with E-state index in [1.54, 1.807) is 14.2 Å². The van der Waals surface area contributed by atoms with Gasteiger partial charge in [0.2, 0.25) is 0 Å². The molecule has 27 heavy (non-hydrogen) atoms. The molecule has 1 atom stereocenters. The summed E-state index contributed by atoms with van der Waals surface area (Å²) < 4.78 is 16.4. The Bertz CT molecular complexity index is 563. The van der Waals surface area contributed by atoms with Crippen molar-refractivity contribution in [3.05, 3.63) is 29.3 Å². The van der Waals surface area contributed by atoms with Crippen LogP contribution in [0.2, 0.25) is 0 Å². The number of methoxy groups -OCH3 is 1. The molecule has 1 aliphatic heterocycles. The molecule has 1 unspecified atom stereocenters. The van der Waals surface area contributed by atoms with Crippen molar-refractivity contribution < 1.29 is 14.2 Å². The maximum Gasteiger partial charge on any atom is 0.190 e. The van der Waals surface area contributed by atoms with Gasteiger partial charge in [-0.05, 0) is 43.4 Å². The molecule has 0 bridgehead atoms. The molecular weight excluding hydrogens is 457 g/mol. The molecular formula is C20H34IN3O3. The van der Waals surface area contributed by atoms with Gasteiger partial charge in [-0.2, -0.15) is 0 Å². The van der Waals surface area contributed by atoms with E-state index in [-0.39, 0.29) is 24.0 Å². The molecule has 0 amide bonds. The second kappa shape index (κ2) is 14.0.